The fourth-order valence-corrected chi connectivity index (χ4v) is 5.34. The molecule has 0 radical (unpaired) electrons. The van der Waals surface area contributed by atoms with Crippen molar-refractivity contribution in [1.82, 2.24) is 9.55 Å². The number of benzene rings is 1. The van der Waals surface area contributed by atoms with Crippen LogP contribution in [0.3, 0.4) is 0 Å². The van der Waals surface area contributed by atoms with Crippen molar-refractivity contribution >= 4 is 34.0 Å². The van der Waals surface area contributed by atoms with Crippen molar-refractivity contribution in [3.8, 4) is 22.8 Å². The predicted molar refractivity (Wildman–Crippen MR) is 132 cm³/mol. The van der Waals surface area contributed by atoms with Crippen molar-refractivity contribution in [1.29, 1.82) is 0 Å². The van der Waals surface area contributed by atoms with Crippen LogP contribution in [0.5, 0.6) is 11.5 Å². The van der Waals surface area contributed by atoms with Crippen molar-refractivity contribution in [3.63, 3.8) is 0 Å². The molecule has 0 spiro atoms. The second-order valence-corrected chi connectivity index (χ2v) is 9.56. The van der Waals surface area contributed by atoms with Gasteiger partial charge in [-0.1, -0.05) is 6.92 Å². The minimum Gasteiger partial charge on any atom is -0.486 e. The van der Waals surface area contributed by atoms with Gasteiger partial charge in [-0.15, -0.1) is 11.3 Å². The van der Waals surface area contributed by atoms with Gasteiger partial charge in [0.1, 0.15) is 13.2 Å². The average Bonchev–Trinajstić information content (AvgIpc) is 3.53. The zero-order valence-electron chi connectivity index (χ0n) is 19.6. The Kier molecular flexibility index (Phi) is 6.03. The topological polar surface area (TPSA) is 85.7 Å². The molecule has 0 aliphatic carbocycles. The first-order valence-electron chi connectivity index (χ1n) is 11.6. The fourth-order valence-electron chi connectivity index (χ4n) is 4.62. The Labute approximate surface area is 202 Å². The van der Waals surface area contributed by atoms with Crippen LogP contribution in [-0.2, 0) is 16.1 Å². The van der Waals surface area contributed by atoms with Gasteiger partial charge in [0.2, 0.25) is 11.8 Å². The number of amides is 2. The van der Waals surface area contributed by atoms with Gasteiger partial charge in [0.25, 0.3) is 0 Å². The first-order chi connectivity index (χ1) is 16.4. The molecule has 0 saturated carbocycles. The number of aryl methyl sites for hydroxylation is 1. The van der Waals surface area contributed by atoms with Gasteiger partial charge in [-0.3, -0.25) is 9.59 Å². The lowest BCUT2D eigenvalue weighted by Gasteiger charge is -2.22. The van der Waals surface area contributed by atoms with Gasteiger partial charge < -0.3 is 24.3 Å². The van der Waals surface area contributed by atoms with Crippen LogP contribution in [0.15, 0.2) is 29.6 Å². The summed E-state index contributed by atoms with van der Waals surface area (Å²) in [5, 5.41) is 5.43. The van der Waals surface area contributed by atoms with Gasteiger partial charge >= 0.3 is 0 Å². The van der Waals surface area contributed by atoms with E-state index in [1.807, 2.05) is 11.4 Å². The monoisotopic (exact) mass is 480 g/mol. The molecule has 9 heteroatoms. The minimum atomic E-state index is -0.442. The molecule has 1 atom stereocenters. The van der Waals surface area contributed by atoms with E-state index in [1.165, 1.54) is 22.7 Å². The summed E-state index contributed by atoms with van der Waals surface area (Å²) in [7, 11) is 0. The van der Waals surface area contributed by atoms with Crippen molar-refractivity contribution < 1.29 is 19.1 Å². The highest BCUT2D eigenvalue weighted by atomic mass is 32.1. The van der Waals surface area contributed by atoms with E-state index in [0.29, 0.717) is 42.1 Å². The summed E-state index contributed by atoms with van der Waals surface area (Å²) in [6, 6.07) is 7.58. The maximum atomic E-state index is 13.0. The third-order valence-corrected chi connectivity index (χ3v) is 7.12. The summed E-state index contributed by atoms with van der Waals surface area (Å²) in [4.78, 5) is 31.9. The lowest BCUT2D eigenvalue weighted by atomic mass is 10.1. The van der Waals surface area contributed by atoms with E-state index in [1.54, 1.807) is 17.0 Å². The van der Waals surface area contributed by atoms with E-state index in [0.717, 1.165) is 24.2 Å². The maximum absolute atomic E-state index is 13.0. The summed E-state index contributed by atoms with van der Waals surface area (Å²) in [6.45, 7) is 8.66. The summed E-state index contributed by atoms with van der Waals surface area (Å²) in [5.74, 6) is 0.581. The number of hydrogen-bond donors (Lipinski definition) is 1. The molecule has 34 heavy (non-hydrogen) atoms. The highest BCUT2D eigenvalue weighted by Gasteiger charge is 2.36. The lowest BCUT2D eigenvalue weighted by molar-refractivity contribution is -0.122. The molecule has 8 nitrogen and oxygen atoms in total. The van der Waals surface area contributed by atoms with Crippen LogP contribution >= 0.6 is 11.3 Å². The number of nitrogens with one attached hydrogen (secondary N) is 1. The van der Waals surface area contributed by atoms with E-state index in [2.05, 4.69) is 41.7 Å². The zero-order valence-corrected chi connectivity index (χ0v) is 20.4. The Morgan fingerprint density at radius 2 is 2.00 bits per heavy atom. The Morgan fingerprint density at radius 3 is 2.79 bits per heavy atom. The lowest BCUT2D eigenvalue weighted by Crippen LogP contribution is -2.28. The number of carbonyl (C=O) groups is 2. The largest absolute Gasteiger partial charge is 0.486 e. The standard InChI is InChI=1S/C25H28N4O4S/c1-4-7-28-15(2)10-19(16(28)3)20-14-34-25(26-20)27-24(31)17-11-23(30)29(13-17)18-5-6-21-22(12-18)33-9-8-32-21/h5-6,10,12,14,17H,4,7-9,11,13H2,1-3H3,(H,26,27,31). The maximum Gasteiger partial charge on any atom is 0.231 e. The molecule has 3 aromatic rings. The second kappa shape index (κ2) is 9.13. The van der Waals surface area contributed by atoms with Crippen molar-refractivity contribution in [3.05, 3.63) is 41.0 Å². The number of thiazole rings is 1. The van der Waals surface area contributed by atoms with Gasteiger partial charge in [-0.25, -0.2) is 4.98 Å². The number of hydrogen-bond acceptors (Lipinski definition) is 6. The molecule has 2 aliphatic heterocycles. The van der Waals surface area contributed by atoms with Crippen LogP contribution in [0.1, 0.15) is 31.2 Å². The van der Waals surface area contributed by atoms with Crippen LogP contribution in [0, 0.1) is 19.8 Å². The third-order valence-electron chi connectivity index (χ3n) is 6.36. The average molecular weight is 481 g/mol. The van der Waals surface area contributed by atoms with E-state index < -0.39 is 5.92 Å². The molecule has 1 fully saturated rings. The molecule has 1 aromatic carbocycles. The molecule has 2 aliphatic rings. The van der Waals surface area contributed by atoms with Crippen molar-refractivity contribution in [2.75, 3.05) is 30.0 Å². The SMILES string of the molecule is CCCn1c(C)cc(-c2csc(NC(=O)C3CC(=O)N(c4ccc5c(c4)OCCO5)C3)n2)c1C. The quantitative estimate of drug-likeness (QED) is 0.565. The van der Waals surface area contributed by atoms with Gasteiger partial charge in [-0.2, -0.15) is 0 Å². The molecular formula is C25H28N4O4S. The van der Waals surface area contributed by atoms with E-state index in [4.69, 9.17) is 9.47 Å². The van der Waals surface area contributed by atoms with Crippen LogP contribution in [0.4, 0.5) is 10.8 Å². The zero-order chi connectivity index (χ0) is 23.8. The first-order valence-corrected chi connectivity index (χ1v) is 12.5. The van der Waals surface area contributed by atoms with Crippen molar-refractivity contribution in [2.45, 2.75) is 40.2 Å². The minimum absolute atomic E-state index is 0.0833. The van der Waals surface area contributed by atoms with E-state index >= 15 is 0 Å². The molecule has 5 rings (SSSR count). The summed E-state index contributed by atoms with van der Waals surface area (Å²) in [6.07, 6.45) is 1.23. The number of rotatable bonds is 6. The van der Waals surface area contributed by atoms with Crippen LogP contribution in [0.2, 0.25) is 0 Å². The van der Waals surface area contributed by atoms with Crippen LogP contribution in [0.25, 0.3) is 11.3 Å². The van der Waals surface area contributed by atoms with E-state index in [9.17, 15) is 9.59 Å². The number of nitrogens with zero attached hydrogens (tertiary/aromatic N) is 3. The molecule has 1 N–H and O–H groups in total. The van der Waals surface area contributed by atoms with Gasteiger partial charge in [0.05, 0.1) is 11.6 Å². The molecule has 2 aromatic heterocycles. The van der Waals surface area contributed by atoms with Gasteiger partial charge in [-0.05, 0) is 38.5 Å². The summed E-state index contributed by atoms with van der Waals surface area (Å²) >= 11 is 1.40. The highest BCUT2D eigenvalue weighted by molar-refractivity contribution is 7.14. The van der Waals surface area contributed by atoms with Crippen LogP contribution < -0.4 is 19.7 Å². The van der Waals surface area contributed by atoms with Gasteiger partial charge in [0.15, 0.2) is 16.6 Å². The normalized spacial score (nSPS) is 17.3. The number of aromatic nitrogens is 2. The number of carbonyl (C=O) groups excluding carboxylic acids is 2. The summed E-state index contributed by atoms with van der Waals surface area (Å²) < 4.78 is 13.5. The predicted octanol–water partition coefficient (Wildman–Crippen LogP) is 4.40. The van der Waals surface area contributed by atoms with Crippen LogP contribution in [-0.4, -0.2) is 41.1 Å². The fraction of sp³-hybridized carbons (Fsp3) is 0.400. The molecule has 2 amide bonds. The Hall–Kier alpha value is -3.33. The molecule has 178 valence electrons. The summed E-state index contributed by atoms with van der Waals surface area (Å²) in [5.41, 5.74) is 5.04. The highest BCUT2D eigenvalue weighted by Crippen LogP contribution is 2.36. The van der Waals surface area contributed by atoms with Crippen molar-refractivity contribution in [2.24, 2.45) is 5.92 Å². The number of fused-ring (bicyclic) bond motifs is 1. The molecule has 1 unspecified atom stereocenters. The number of ether oxygens (including phenoxy) is 2. The Morgan fingerprint density at radius 1 is 1.21 bits per heavy atom. The van der Waals surface area contributed by atoms with Gasteiger partial charge in [0, 0.05) is 53.6 Å². The molecule has 0 bridgehead atoms. The molecular weight excluding hydrogens is 452 g/mol. The van der Waals surface area contributed by atoms with E-state index in [-0.39, 0.29) is 18.2 Å². The third kappa shape index (κ3) is 4.16. The Bertz CT molecular complexity index is 1250. The molecule has 1 saturated heterocycles. The first kappa shape index (κ1) is 22.5. The second-order valence-electron chi connectivity index (χ2n) is 8.70. The number of anilines is 2. The smallest absolute Gasteiger partial charge is 0.231 e. The molecule has 4 heterocycles. The Balaban J connectivity index is 1.27.